The molecule has 4 rings (SSSR count). The number of benzene rings is 1. The molecule has 0 spiro atoms. The summed E-state index contributed by atoms with van der Waals surface area (Å²) in [4.78, 5) is 4.70. The third-order valence-electron chi connectivity index (χ3n) is 5.89. The van der Waals surface area contributed by atoms with Crippen molar-refractivity contribution in [2.45, 2.75) is 40.4 Å². The molecule has 2 aromatic heterocycles. The summed E-state index contributed by atoms with van der Waals surface area (Å²) in [7, 11) is 0. The molecule has 0 atom stereocenters. The second-order valence-corrected chi connectivity index (χ2v) is 8.50. The van der Waals surface area contributed by atoms with E-state index in [-0.39, 0.29) is 0 Å². The Balaban J connectivity index is 1.27. The Morgan fingerprint density at radius 3 is 2.45 bits per heavy atom. The van der Waals surface area contributed by atoms with Crippen LogP contribution < -0.4 is 5.32 Å². The molecule has 7 nitrogen and oxygen atoms in total. The van der Waals surface area contributed by atoms with Crippen LogP contribution in [-0.2, 0) is 19.6 Å². The Kier molecular flexibility index (Phi) is 6.67. The van der Waals surface area contributed by atoms with Crippen molar-refractivity contribution in [3.05, 3.63) is 65.1 Å². The van der Waals surface area contributed by atoms with E-state index < -0.39 is 0 Å². The van der Waals surface area contributed by atoms with Gasteiger partial charge < -0.3 is 10.2 Å². The van der Waals surface area contributed by atoms with E-state index in [0.29, 0.717) is 0 Å². The zero-order valence-corrected chi connectivity index (χ0v) is 19.4. The number of aryl methyl sites for hydroxylation is 3. The van der Waals surface area contributed by atoms with Crippen LogP contribution in [0.2, 0.25) is 0 Å². The summed E-state index contributed by atoms with van der Waals surface area (Å²) < 4.78 is 3.96. The van der Waals surface area contributed by atoms with Crippen LogP contribution in [0.5, 0.6) is 0 Å². The summed E-state index contributed by atoms with van der Waals surface area (Å²) in [5.74, 6) is 0.795. The molecule has 31 heavy (non-hydrogen) atoms. The number of aromatic nitrogens is 4. The second kappa shape index (κ2) is 9.62. The number of nitrogens with zero attached hydrogens (tertiary/aromatic N) is 6. The van der Waals surface area contributed by atoms with Crippen LogP contribution in [0.1, 0.15) is 29.3 Å². The van der Waals surface area contributed by atoms with Crippen molar-refractivity contribution >= 4 is 23.1 Å². The molecule has 1 N–H and O–H groups in total. The van der Waals surface area contributed by atoms with Gasteiger partial charge in [0.25, 0.3) is 0 Å². The van der Waals surface area contributed by atoms with E-state index in [1.54, 1.807) is 0 Å². The summed E-state index contributed by atoms with van der Waals surface area (Å²) in [6, 6.07) is 10.4. The van der Waals surface area contributed by atoms with Crippen molar-refractivity contribution in [2.75, 3.05) is 31.5 Å². The smallest absolute Gasteiger partial charge is 0.174 e. The Morgan fingerprint density at radius 2 is 1.74 bits per heavy atom. The third-order valence-corrected chi connectivity index (χ3v) is 6.25. The molecule has 0 bridgehead atoms. The van der Waals surface area contributed by atoms with E-state index in [1.165, 1.54) is 16.7 Å². The topological polar surface area (TPSA) is 54.1 Å². The van der Waals surface area contributed by atoms with Gasteiger partial charge in [0.05, 0.1) is 12.2 Å². The van der Waals surface area contributed by atoms with E-state index in [9.17, 15) is 0 Å². The summed E-state index contributed by atoms with van der Waals surface area (Å²) in [6.07, 6.45) is 4.16. The molecule has 8 heteroatoms. The number of nitrogens with one attached hydrogen (secondary N) is 1. The van der Waals surface area contributed by atoms with Gasteiger partial charge in [0.2, 0.25) is 0 Å². The molecular weight excluding hydrogens is 406 g/mol. The summed E-state index contributed by atoms with van der Waals surface area (Å²) in [6.45, 7) is 12.8. The molecule has 1 aliphatic rings. The normalized spacial score (nSPS) is 14.7. The highest BCUT2D eigenvalue weighted by molar-refractivity contribution is 7.80. The second-order valence-electron chi connectivity index (χ2n) is 8.11. The minimum Gasteiger partial charge on any atom is -0.346 e. The van der Waals surface area contributed by atoms with Gasteiger partial charge in [-0.1, -0.05) is 24.3 Å². The number of piperazine rings is 1. The van der Waals surface area contributed by atoms with Crippen LogP contribution in [-0.4, -0.2) is 60.7 Å². The average Bonchev–Trinajstić information content (AvgIpc) is 3.36. The zero-order valence-electron chi connectivity index (χ0n) is 18.6. The highest BCUT2D eigenvalue weighted by Crippen LogP contribution is 2.14. The minimum atomic E-state index is 0.746. The van der Waals surface area contributed by atoms with E-state index >= 15 is 0 Å². The van der Waals surface area contributed by atoms with Crippen molar-refractivity contribution in [1.82, 2.24) is 29.4 Å². The Morgan fingerprint density at radius 1 is 0.968 bits per heavy atom. The van der Waals surface area contributed by atoms with Crippen LogP contribution in [0.25, 0.3) is 0 Å². The lowest BCUT2D eigenvalue weighted by Crippen LogP contribution is -2.49. The van der Waals surface area contributed by atoms with Gasteiger partial charge in [0, 0.05) is 63.3 Å². The number of hydrogen-bond acceptors (Lipinski definition) is 4. The molecule has 3 aromatic rings. The molecule has 164 valence electrons. The maximum absolute atomic E-state index is 5.66. The number of thiocarbonyl (C=S) groups is 1. The molecule has 1 aromatic carbocycles. The van der Waals surface area contributed by atoms with Gasteiger partial charge in [-0.3, -0.25) is 14.3 Å². The fraction of sp³-hybridized carbons (Fsp3) is 0.435. The molecular formula is C23H31N7S. The fourth-order valence-electron chi connectivity index (χ4n) is 3.89. The van der Waals surface area contributed by atoms with Gasteiger partial charge in [-0.25, -0.2) is 0 Å². The van der Waals surface area contributed by atoms with E-state index in [2.05, 4.69) is 76.5 Å². The van der Waals surface area contributed by atoms with Crippen molar-refractivity contribution in [3.8, 4) is 0 Å². The SMILES string of the molecule is CCn1cc(CN2CCN(C(=S)Nc3ccn(Cc4ccccc4C)n3)CC2)c(C)n1. The van der Waals surface area contributed by atoms with Gasteiger partial charge in [-0.2, -0.15) is 10.2 Å². The Bertz CT molecular complexity index is 1030. The predicted molar refractivity (Wildman–Crippen MR) is 128 cm³/mol. The maximum Gasteiger partial charge on any atom is 0.174 e. The van der Waals surface area contributed by atoms with Gasteiger partial charge in [-0.15, -0.1) is 0 Å². The first-order chi connectivity index (χ1) is 15.0. The molecule has 0 aliphatic carbocycles. The lowest BCUT2D eigenvalue weighted by atomic mass is 10.1. The standard InChI is InChI=1S/C23H31N7S/c1-4-29-17-21(19(3)25-29)15-27-11-13-28(14-12-27)23(31)24-22-9-10-30(26-22)16-20-8-6-5-7-18(20)2/h5-10,17H,4,11-16H2,1-3H3,(H,24,26,31). The molecule has 1 saturated heterocycles. The predicted octanol–water partition coefficient (Wildman–Crippen LogP) is 3.28. The maximum atomic E-state index is 5.66. The first kappa shape index (κ1) is 21.5. The number of rotatable bonds is 6. The highest BCUT2D eigenvalue weighted by atomic mass is 32.1. The number of anilines is 1. The molecule has 0 saturated carbocycles. The zero-order chi connectivity index (χ0) is 21.8. The van der Waals surface area contributed by atoms with Gasteiger partial charge in [-0.05, 0) is 44.1 Å². The van der Waals surface area contributed by atoms with Crippen molar-refractivity contribution in [3.63, 3.8) is 0 Å². The lowest BCUT2D eigenvalue weighted by molar-refractivity contribution is 0.176. The molecule has 3 heterocycles. The number of hydrogen-bond donors (Lipinski definition) is 1. The molecule has 0 amide bonds. The van der Waals surface area contributed by atoms with E-state index in [0.717, 1.165) is 62.4 Å². The largest absolute Gasteiger partial charge is 0.346 e. The first-order valence-corrected chi connectivity index (χ1v) is 11.3. The molecule has 0 unspecified atom stereocenters. The third kappa shape index (κ3) is 5.32. The van der Waals surface area contributed by atoms with Gasteiger partial charge in [0.15, 0.2) is 10.9 Å². The van der Waals surface area contributed by atoms with E-state index in [4.69, 9.17) is 12.2 Å². The van der Waals surface area contributed by atoms with Crippen LogP contribution in [0.3, 0.4) is 0 Å². The van der Waals surface area contributed by atoms with E-state index in [1.807, 2.05) is 21.6 Å². The first-order valence-electron chi connectivity index (χ1n) is 10.9. The average molecular weight is 438 g/mol. The lowest BCUT2D eigenvalue weighted by Gasteiger charge is -2.35. The highest BCUT2D eigenvalue weighted by Gasteiger charge is 2.20. The minimum absolute atomic E-state index is 0.746. The van der Waals surface area contributed by atoms with Crippen molar-refractivity contribution in [1.29, 1.82) is 0 Å². The molecule has 1 fully saturated rings. The summed E-state index contributed by atoms with van der Waals surface area (Å²) >= 11 is 5.66. The van der Waals surface area contributed by atoms with Crippen LogP contribution in [0.15, 0.2) is 42.7 Å². The van der Waals surface area contributed by atoms with Crippen molar-refractivity contribution < 1.29 is 0 Å². The molecule has 1 aliphatic heterocycles. The van der Waals surface area contributed by atoms with Gasteiger partial charge in [0.1, 0.15) is 0 Å². The van der Waals surface area contributed by atoms with Gasteiger partial charge >= 0.3 is 0 Å². The quantitative estimate of drug-likeness (QED) is 0.598. The fourth-order valence-corrected chi connectivity index (χ4v) is 4.18. The summed E-state index contributed by atoms with van der Waals surface area (Å²) in [5, 5.41) is 13.3. The monoisotopic (exact) mass is 437 g/mol. The summed E-state index contributed by atoms with van der Waals surface area (Å²) in [5.41, 5.74) is 4.99. The van der Waals surface area contributed by atoms with Crippen LogP contribution in [0.4, 0.5) is 5.82 Å². The van der Waals surface area contributed by atoms with Crippen LogP contribution in [0, 0.1) is 13.8 Å². The van der Waals surface area contributed by atoms with Crippen LogP contribution >= 0.6 is 12.2 Å². The van der Waals surface area contributed by atoms with Crippen molar-refractivity contribution in [2.24, 2.45) is 0 Å². The molecule has 0 radical (unpaired) electrons. The Labute approximate surface area is 189 Å². The Hall–Kier alpha value is -2.71.